The molecule has 0 spiro atoms. The van der Waals surface area contributed by atoms with Crippen LogP contribution in [0.3, 0.4) is 0 Å². The molecule has 1 atom stereocenters. The fraction of sp³-hybridized carbons (Fsp3) is 0.381. The van der Waals surface area contributed by atoms with Gasteiger partial charge in [0.25, 0.3) is 11.8 Å². The van der Waals surface area contributed by atoms with E-state index in [0.717, 1.165) is 17.1 Å². The molecule has 30 heavy (non-hydrogen) atoms. The summed E-state index contributed by atoms with van der Waals surface area (Å²) in [6, 6.07) is 11.1. The van der Waals surface area contributed by atoms with Gasteiger partial charge in [-0.05, 0) is 17.9 Å². The van der Waals surface area contributed by atoms with Crippen molar-refractivity contribution < 1.29 is 9.59 Å². The third-order valence-corrected chi connectivity index (χ3v) is 5.20. The number of anilines is 1. The molecule has 1 N–H and O–H groups in total. The molecule has 2 amide bonds. The quantitative estimate of drug-likeness (QED) is 0.696. The van der Waals surface area contributed by atoms with E-state index in [1.54, 1.807) is 16.6 Å². The van der Waals surface area contributed by atoms with Crippen LogP contribution in [0, 0.1) is 0 Å². The van der Waals surface area contributed by atoms with Crippen LogP contribution in [0.25, 0.3) is 0 Å². The second-order valence-corrected chi connectivity index (χ2v) is 7.77. The standard InChI is InChI=1S/C21H25N7O2/c1-14(2)17-11-18-26(3)21(30)16(9-10-28(18)24-17)23-20(29)19-22-13-27(25-19)12-15-7-5-4-6-8-15/h4-8,11,13-14,16H,9-10,12H2,1-3H3,(H,23,29). The Morgan fingerprint density at radius 2 is 2.00 bits per heavy atom. The second-order valence-electron chi connectivity index (χ2n) is 7.77. The van der Waals surface area contributed by atoms with Gasteiger partial charge in [-0.25, -0.2) is 14.3 Å². The summed E-state index contributed by atoms with van der Waals surface area (Å²) in [6.45, 7) is 5.19. The summed E-state index contributed by atoms with van der Waals surface area (Å²) in [4.78, 5) is 31.2. The monoisotopic (exact) mass is 407 g/mol. The lowest BCUT2D eigenvalue weighted by atomic mass is 10.1. The number of carbonyl (C=O) groups excluding carboxylic acids is 2. The Morgan fingerprint density at radius 1 is 1.23 bits per heavy atom. The van der Waals surface area contributed by atoms with Crippen LogP contribution in [0.1, 0.15) is 48.1 Å². The van der Waals surface area contributed by atoms with E-state index >= 15 is 0 Å². The predicted molar refractivity (Wildman–Crippen MR) is 111 cm³/mol. The van der Waals surface area contributed by atoms with E-state index in [0.29, 0.717) is 19.5 Å². The predicted octanol–water partition coefficient (Wildman–Crippen LogP) is 1.81. The van der Waals surface area contributed by atoms with Gasteiger partial charge in [-0.15, -0.1) is 5.10 Å². The van der Waals surface area contributed by atoms with Crippen LogP contribution in [0.4, 0.5) is 5.82 Å². The number of fused-ring (bicyclic) bond motifs is 1. The molecule has 3 heterocycles. The number of hydrogen-bond acceptors (Lipinski definition) is 5. The molecule has 1 unspecified atom stereocenters. The molecular weight excluding hydrogens is 382 g/mol. The van der Waals surface area contributed by atoms with Gasteiger partial charge in [0, 0.05) is 19.7 Å². The first-order valence-corrected chi connectivity index (χ1v) is 10.0. The van der Waals surface area contributed by atoms with Gasteiger partial charge in [-0.2, -0.15) is 5.10 Å². The maximum absolute atomic E-state index is 12.9. The maximum Gasteiger partial charge on any atom is 0.291 e. The summed E-state index contributed by atoms with van der Waals surface area (Å²) in [6.07, 6.45) is 1.97. The number of nitrogens with one attached hydrogen (secondary N) is 1. The van der Waals surface area contributed by atoms with Gasteiger partial charge in [0.05, 0.1) is 12.2 Å². The highest BCUT2D eigenvalue weighted by Gasteiger charge is 2.31. The lowest BCUT2D eigenvalue weighted by Crippen LogP contribution is -2.47. The Hall–Kier alpha value is -3.49. The zero-order chi connectivity index (χ0) is 21.3. The van der Waals surface area contributed by atoms with Gasteiger partial charge in [0.2, 0.25) is 5.82 Å². The first kappa shape index (κ1) is 19.8. The zero-order valence-electron chi connectivity index (χ0n) is 17.3. The summed E-state index contributed by atoms with van der Waals surface area (Å²) in [7, 11) is 1.71. The summed E-state index contributed by atoms with van der Waals surface area (Å²) in [5, 5.41) is 11.6. The van der Waals surface area contributed by atoms with Gasteiger partial charge < -0.3 is 5.32 Å². The minimum absolute atomic E-state index is 0.0467. The van der Waals surface area contributed by atoms with Gasteiger partial charge in [-0.1, -0.05) is 44.2 Å². The molecular formula is C21H25N7O2. The fourth-order valence-corrected chi connectivity index (χ4v) is 3.47. The van der Waals surface area contributed by atoms with Crippen molar-refractivity contribution in [1.82, 2.24) is 29.9 Å². The van der Waals surface area contributed by atoms with E-state index in [-0.39, 0.29) is 17.6 Å². The number of amides is 2. The number of benzene rings is 1. The van der Waals surface area contributed by atoms with Crippen LogP contribution in [-0.4, -0.2) is 49.4 Å². The lowest BCUT2D eigenvalue weighted by molar-refractivity contribution is -0.120. The Morgan fingerprint density at radius 3 is 2.73 bits per heavy atom. The molecule has 1 aliphatic rings. The number of likely N-dealkylation sites (N-methyl/N-ethyl adjacent to an activating group) is 1. The molecule has 0 saturated heterocycles. The summed E-state index contributed by atoms with van der Waals surface area (Å²) < 4.78 is 3.43. The molecule has 1 aromatic carbocycles. The molecule has 0 radical (unpaired) electrons. The molecule has 0 fully saturated rings. The Kier molecular flexibility index (Phi) is 5.35. The highest BCUT2D eigenvalue weighted by atomic mass is 16.2. The van der Waals surface area contributed by atoms with Crippen LogP contribution in [0.15, 0.2) is 42.7 Å². The first-order chi connectivity index (χ1) is 14.4. The first-order valence-electron chi connectivity index (χ1n) is 10.0. The second kappa shape index (κ2) is 8.10. The molecule has 0 saturated carbocycles. The smallest absolute Gasteiger partial charge is 0.291 e. The van der Waals surface area contributed by atoms with E-state index in [9.17, 15) is 9.59 Å². The van der Waals surface area contributed by atoms with Crippen LogP contribution < -0.4 is 10.2 Å². The van der Waals surface area contributed by atoms with E-state index in [4.69, 9.17) is 0 Å². The molecule has 156 valence electrons. The van der Waals surface area contributed by atoms with Crippen molar-refractivity contribution in [2.45, 2.75) is 45.3 Å². The Bertz CT molecular complexity index is 1050. The average molecular weight is 407 g/mol. The minimum Gasteiger partial charge on any atom is -0.337 e. The van der Waals surface area contributed by atoms with E-state index in [1.807, 2.05) is 41.1 Å². The van der Waals surface area contributed by atoms with Crippen molar-refractivity contribution in [2.75, 3.05) is 11.9 Å². The molecule has 9 nitrogen and oxygen atoms in total. The third-order valence-electron chi connectivity index (χ3n) is 5.20. The van der Waals surface area contributed by atoms with Gasteiger partial charge in [0.1, 0.15) is 18.2 Å². The largest absolute Gasteiger partial charge is 0.337 e. The number of hydrogen-bond donors (Lipinski definition) is 1. The van der Waals surface area contributed by atoms with Crippen LogP contribution in [-0.2, 0) is 17.9 Å². The molecule has 0 bridgehead atoms. The number of carbonyl (C=O) groups is 2. The molecule has 1 aliphatic heterocycles. The van der Waals surface area contributed by atoms with E-state index in [2.05, 4.69) is 34.3 Å². The number of rotatable bonds is 5. The molecule has 3 aromatic rings. The number of nitrogens with zero attached hydrogens (tertiary/aromatic N) is 6. The number of aromatic nitrogens is 5. The zero-order valence-corrected chi connectivity index (χ0v) is 17.3. The highest BCUT2D eigenvalue weighted by Crippen LogP contribution is 2.24. The van der Waals surface area contributed by atoms with Crippen molar-refractivity contribution in [3.05, 3.63) is 59.8 Å². The highest BCUT2D eigenvalue weighted by molar-refractivity contribution is 6.00. The van der Waals surface area contributed by atoms with Crippen molar-refractivity contribution in [2.24, 2.45) is 0 Å². The van der Waals surface area contributed by atoms with Gasteiger partial charge in [-0.3, -0.25) is 14.5 Å². The van der Waals surface area contributed by atoms with Crippen LogP contribution in [0.2, 0.25) is 0 Å². The van der Waals surface area contributed by atoms with Crippen molar-refractivity contribution in [3.8, 4) is 0 Å². The summed E-state index contributed by atoms with van der Waals surface area (Å²) in [5.74, 6) is 0.425. The van der Waals surface area contributed by atoms with E-state index < -0.39 is 11.9 Å². The molecule has 4 rings (SSSR count). The van der Waals surface area contributed by atoms with Gasteiger partial charge in [0.15, 0.2) is 0 Å². The normalized spacial score (nSPS) is 16.5. The van der Waals surface area contributed by atoms with Gasteiger partial charge >= 0.3 is 0 Å². The topological polar surface area (TPSA) is 97.9 Å². The average Bonchev–Trinajstić information content (AvgIpc) is 3.36. The Labute approximate surface area is 174 Å². The van der Waals surface area contributed by atoms with Crippen molar-refractivity contribution in [1.29, 1.82) is 0 Å². The third kappa shape index (κ3) is 3.96. The molecule has 2 aromatic heterocycles. The Balaban J connectivity index is 1.43. The van der Waals surface area contributed by atoms with E-state index in [1.165, 1.54) is 6.33 Å². The molecule has 9 heteroatoms. The summed E-state index contributed by atoms with van der Waals surface area (Å²) >= 11 is 0. The minimum atomic E-state index is -0.659. The van der Waals surface area contributed by atoms with Crippen molar-refractivity contribution >= 4 is 17.6 Å². The van der Waals surface area contributed by atoms with Crippen molar-refractivity contribution in [3.63, 3.8) is 0 Å². The SMILES string of the molecule is CC(C)c1cc2n(n1)CCC(NC(=O)c1ncn(Cc3ccccc3)n1)C(=O)N2C. The van der Waals surface area contributed by atoms with Crippen LogP contribution >= 0.6 is 0 Å². The molecule has 0 aliphatic carbocycles. The van der Waals surface area contributed by atoms with Crippen LogP contribution in [0.5, 0.6) is 0 Å². The fourth-order valence-electron chi connectivity index (χ4n) is 3.47. The lowest BCUT2D eigenvalue weighted by Gasteiger charge is -2.20. The number of aryl methyl sites for hydroxylation is 1. The maximum atomic E-state index is 12.9. The summed E-state index contributed by atoms with van der Waals surface area (Å²) in [5.41, 5.74) is 2.01.